The van der Waals surface area contributed by atoms with Gasteiger partial charge in [-0.3, -0.25) is 4.57 Å². The van der Waals surface area contributed by atoms with E-state index in [4.69, 9.17) is 14.3 Å². The van der Waals surface area contributed by atoms with Crippen LogP contribution in [0.25, 0.3) is 0 Å². The average Bonchev–Trinajstić information content (AvgIpc) is 2.13. The fourth-order valence-electron chi connectivity index (χ4n) is 1.91. The van der Waals surface area contributed by atoms with Gasteiger partial charge >= 0.3 is 7.60 Å². The minimum absolute atomic E-state index is 0.307. The number of nitrogens with zero attached hydrogens (tertiary/aromatic N) is 1. The van der Waals surface area contributed by atoms with Gasteiger partial charge in [0.25, 0.3) is 0 Å². The van der Waals surface area contributed by atoms with Crippen molar-refractivity contribution in [3.05, 3.63) is 0 Å². The second-order valence-corrected chi connectivity index (χ2v) is 8.74. The fourth-order valence-corrected chi connectivity index (χ4v) is 4.56. The molecule has 0 bridgehead atoms. The van der Waals surface area contributed by atoms with Gasteiger partial charge in [-0.15, -0.1) is 0 Å². The van der Waals surface area contributed by atoms with Gasteiger partial charge in [-0.1, -0.05) is 25.8 Å². The van der Waals surface area contributed by atoms with Gasteiger partial charge in [0.2, 0.25) is 0 Å². The van der Waals surface area contributed by atoms with Gasteiger partial charge in [-0.2, -0.15) is 0 Å². The van der Waals surface area contributed by atoms with Crippen molar-refractivity contribution in [3.8, 4) is 0 Å². The molecule has 0 spiro atoms. The maximum atomic E-state index is 13.0. The van der Waals surface area contributed by atoms with Gasteiger partial charge in [-0.05, 0) is 40.0 Å². The molecule has 0 amide bonds. The number of hydrogen-bond donors (Lipinski definition) is 0. The van der Waals surface area contributed by atoms with E-state index in [1.54, 1.807) is 13.8 Å². The third-order valence-corrected chi connectivity index (χ3v) is 5.50. The summed E-state index contributed by atoms with van der Waals surface area (Å²) in [5, 5.41) is 9.71. The zero-order valence-corrected chi connectivity index (χ0v) is 14.5. The van der Waals surface area contributed by atoms with E-state index in [9.17, 15) is 4.57 Å². The van der Waals surface area contributed by atoms with Crippen molar-refractivity contribution in [2.75, 3.05) is 13.2 Å². The molecule has 0 rings (SSSR count). The van der Waals surface area contributed by atoms with Crippen molar-refractivity contribution in [3.63, 3.8) is 0 Å². The normalized spacial score (nSPS) is 15.9. The molecule has 5 nitrogen and oxygen atoms in total. The van der Waals surface area contributed by atoms with E-state index >= 15 is 0 Å². The monoisotopic (exact) mass is 296 g/mol. The van der Waals surface area contributed by atoms with Gasteiger partial charge in [0.05, 0.1) is 18.8 Å². The van der Waals surface area contributed by atoms with Gasteiger partial charge in [0.1, 0.15) is 0 Å². The van der Waals surface area contributed by atoms with Gasteiger partial charge in [0, 0.05) is 0 Å². The lowest BCUT2D eigenvalue weighted by atomic mass is 9.94. The van der Waals surface area contributed by atoms with E-state index < -0.39 is 24.3 Å². The predicted octanol–water partition coefficient (Wildman–Crippen LogP) is 3.36. The van der Waals surface area contributed by atoms with E-state index in [1.807, 2.05) is 41.5 Å². The third-order valence-electron chi connectivity index (χ3n) is 2.66. The second kappa shape index (κ2) is 6.68. The summed E-state index contributed by atoms with van der Waals surface area (Å²) in [4.78, 5) is 0. The van der Waals surface area contributed by atoms with E-state index in [0.717, 1.165) is 0 Å². The number of hydroxylamine groups is 2. The summed E-state index contributed by atoms with van der Waals surface area (Å²) < 4.78 is 23.9. The molecule has 0 heterocycles. The molecule has 1 unspecified atom stereocenters. The first-order valence-electron chi connectivity index (χ1n) is 6.79. The highest BCUT2D eigenvalue weighted by molar-refractivity contribution is 7.54. The van der Waals surface area contributed by atoms with Crippen LogP contribution in [-0.2, 0) is 13.6 Å². The highest BCUT2D eigenvalue weighted by Gasteiger charge is 2.52. The molecule has 0 aromatic rings. The SMILES string of the molecule is CCOP(=O)(OCC)C(N([OH2+])C(C)(C)C)C(C)(C)C. The predicted molar refractivity (Wildman–Crippen MR) is 79.3 cm³/mol. The van der Waals surface area contributed by atoms with Crippen LogP contribution in [0.4, 0.5) is 0 Å². The van der Waals surface area contributed by atoms with Crippen LogP contribution in [0.3, 0.4) is 0 Å². The first-order chi connectivity index (χ1) is 8.40. The molecular formula is C13H31NO4P+. The van der Waals surface area contributed by atoms with Gasteiger partial charge in [0.15, 0.2) is 5.78 Å². The van der Waals surface area contributed by atoms with Crippen LogP contribution < -0.4 is 0 Å². The molecule has 0 aliphatic heterocycles. The Kier molecular flexibility index (Phi) is 6.71. The molecular weight excluding hydrogens is 265 g/mol. The van der Waals surface area contributed by atoms with Crippen LogP contribution in [0.1, 0.15) is 55.4 Å². The highest BCUT2D eigenvalue weighted by atomic mass is 31.2. The van der Waals surface area contributed by atoms with Crippen LogP contribution in [-0.4, -0.2) is 34.8 Å². The molecule has 2 N–H and O–H groups in total. The first-order valence-corrected chi connectivity index (χ1v) is 8.40. The smallest absolute Gasteiger partial charge is 0.338 e. The molecule has 0 aliphatic rings. The van der Waals surface area contributed by atoms with Crippen LogP contribution in [0.15, 0.2) is 0 Å². The largest absolute Gasteiger partial charge is 0.355 e. The number of rotatable bonds is 6. The van der Waals surface area contributed by atoms with Crippen molar-refractivity contribution in [1.82, 2.24) is 5.06 Å². The second-order valence-electron chi connectivity index (χ2n) is 6.66. The van der Waals surface area contributed by atoms with Crippen LogP contribution in [0, 0.1) is 5.41 Å². The molecule has 1 atom stereocenters. The fraction of sp³-hybridized carbons (Fsp3) is 1.00. The summed E-state index contributed by atoms with van der Waals surface area (Å²) in [6, 6.07) is 0. The zero-order valence-electron chi connectivity index (χ0n) is 13.6. The molecule has 0 aromatic carbocycles. The van der Waals surface area contributed by atoms with Crippen LogP contribution >= 0.6 is 7.60 Å². The van der Waals surface area contributed by atoms with Gasteiger partial charge in [-0.25, -0.2) is 0 Å². The van der Waals surface area contributed by atoms with E-state index in [1.165, 1.54) is 5.06 Å². The van der Waals surface area contributed by atoms with E-state index in [0.29, 0.717) is 13.2 Å². The summed E-state index contributed by atoms with van der Waals surface area (Å²) in [6.45, 7) is 15.8. The quantitative estimate of drug-likeness (QED) is 0.428. The summed E-state index contributed by atoms with van der Waals surface area (Å²) in [5.41, 5.74) is -0.837. The third kappa shape index (κ3) is 5.16. The summed E-state index contributed by atoms with van der Waals surface area (Å²) in [6.07, 6.45) is 0. The van der Waals surface area contributed by atoms with E-state index in [-0.39, 0.29) is 0 Å². The summed E-state index contributed by atoms with van der Waals surface area (Å²) >= 11 is 0. The number of hydrogen-bond acceptors (Lipinski definition) is 4. The standard InChI is InChI=1S/C13H30NO4P/c1-9-17-19(16,18-10-2)11(12(3,4)5)14(15)13(6,7)8/h11,15H,9-10H2,1-8H3/p+1. The van der Waals surface area contributed by atoms with Crippen LogP contribution in [0.5, 0.6) is 0 Å². The van der Waals surface area contributed by atoms with Crippen molar-refractivity contribution in [1.29, 1.82) is 0 Å². The lowest BCUT2D eigenvalue weighted by Gasteiger charge is -2.41. The summed E-state index contributed by atoms with van der Waals surface area (Å²) in [7, 11) is -3.37. The topological polar surface area (TPSA) is 61.7 Å². The highest BCUT2D eigenvalue weighted by Crippen LogP contribution is 2.60. The van der Waals surface area contributed by atoms with Crippen LogP contribution in [0.2, 0.25) is 0 Å². The molecule has 0 fully saturated rings. The Balaban J connectivity index is 5.64. The molecule has 0 saturated carbocycles. The first kappa shape index (κ1) is 19.1. The molecule has 116 valence electrons. The summed E-state index contributed by atoms with van der Waals surface area (Å²) in [5.74, 6) is -0.611. The molecule has 0 saturated heterocycles. The minimum Gasteiger partial charge on any atom is -0.338 e. The van der Waals surface area contributed by atoms with Gasteiger partial charge < -0.3 is 14.3 Å². The van der Waals surface area contributed by atoms with Crippen molar-refractivity contribution >= 4 is 7.60 Å². The lowest BCUT2D eigenvalue weighted by Crippen LogP contribution is -2.51. The Morgan fingerprint density at radius 2 is 1.42 bits per heavy atom. The van der Waals surface area contributed by atoms with Crippen molar-refractivity contribution in [2.24, 2.45) is 5.41 Å². The zero-order chi connectivity index (χ0) is 15.5. The Bertz CT molecular complexity index is 310. The Labute approximate surface area is 117 Å². The van der Waals surface area contributed by atoms with Crippen molar-refractivity contribution < 1.29 is 18.8 Å². The maximum absolute atomic E-state index is 13.0. The molecule has 19 heavy (non-hydrogen) atoms. The lowest BCUT2D eigenvalue weighted by molar-refractivity contribution is -0.191. The minimum atomic E-state index is -3.37. The molecule has 0 aliphatic carbocycles. The van der Waals surface area contributed by atoms with E-state index in [2.05, 4.69) is 0 Å². The van der Waals surface area contributed by atoms with Crippen molar-refractivity contribution in [2.45, 2.75) is 66.7 Å². The maximum Gasteiger partial charge on any atom is 0.355 e. The Hall–Kier alpha value is 0.0700. The molecule has 6 heteroatoms. The molecule has 0 aromatic heterocycles. The Morgan fingerprint density at radius 1 is 1.05 bits per heavy atom. The Morgan fingerprint density at radius 3 is 1.63 bits per heavy atom. The molecule has 0 radical (unpaired) electrons. The average molecular weight is 296 g/mol.